The molecule has 2 N–H and O–H groups in total. The number of hydrogen-bond acceptors (Lipinski definition) is 4. The predicted molar refractivity (Wildman–Crippen MR) is 117 cm³/mol. The van der Waals surface area contributed by atoms with Gasteiger partial charge in [-0.2, -0.15) is 0 Å². The van der Waals surface area contributed by atoms with Crippen molar-refractivity contribution < 1.29 is 18.8 Å². The van der Waals surface area contributed by atoms with Gasteiger partial charge in [-0.25, -0.2) is 0 Å². The molecule has 0 aromatic rings. The number of nitrogens with one attached hydrogen (secondary N) is 1. The van der Waals surface area contributed by atoms with Crippen molar-refractivity contribution in [1.29, 1.82) is 0 Å². The van der Waals surface area contributed by atoms with Gasteiger partial charge in [0.2, 0.25) is 0 Å². The molecule has 0 radical (unpaired) electrons. The van der Waals surface area contributed by atoms with Crippen LogP contribution in [0.2, 0.25) is 36.3 Å². The zero-order valence-electron chi connectivity index (χ0n) is 19.2. The van der Waals surface area contributed by atoms with E-state index < -0.39 is 22.7 Å². The Kier molecular flexibility index (Phi) is 7.95. The molecule has 1 saturated heterocycles. The average Bonchev–Trinajstić information content (AvgIpc) is 2.73. The van der Waals surface area contributed by atoms with E-state index >= 15 is 0 Å². The van der Waals surface area contributed by atoms with Crippen LogP contribution in [0, 0.1) is 0 Å². The molecular weight excluding hydrogens is 374 g/mol. The van der Waals surface area contributed by atoms with Crippen molar-refractivity contribution in [3.8, 4) is 0 Å². The van der Waals surface area contributed by atoms with E-state index in [2.05, 4.69) is 73.0 Å². The lowest BCUT2D eigenvalue weighted by Gasteiger charge is -2.43. The Hall–Kier alpha value is -0.216. The molecule has 1 aliphatic rings. The van der Waals surface area contributed by atoms with Crippen molar-refractivity contribution in [2.75, 3.05) is 6.61 Å². The zero-order valence-corrected chi connectivity index (χ0v) is 21.2. The van der Waals surface area contributed by atoms with Gasteiger partial charge in [0.25, 0.3) is 5.91 Å². The van der Waals surface area contributed by atoms with E-state index in [-0.39, 0.29) is 34.7 Å². The van der Waals surface area contributed by atoms with Crippen LogP contribution in [0.25, 0.3) is 0 Å². The molecule has 5 nitrogen and oxygen atoms in total. The number of amides is 1. The van der Waals surface area contributed by atoms with E-state index in [1.54, 1.807) is 0 Å². The van der Waals surface area contributed by atoms with Crippen LogP contribution >= 0.6 is 0 Å². The van der Waals surface area contributed by atoms with E-state index in [9.17, 15) is 4.79 Å². The van der Waals surface area contributed by atoms with Crippen molar-refractivity contribution in [2.45, 2.75) is 115 Å². The van der Waals surface area contributed by atoms with Gasteiger partial charge in [-0.1, -0.05) is 41.5 Å². The van der Waals surface area contributed by atoms with Crippen LogP contribution in [0.1, 0.15) is 60.8 Å². The average molecular weight is 418 g/mol. The molecular formula is C20H43NO4Si2. The topological polar surface area (TPSA) is 67.8 Å². The fourth-order valence-electron chi connectivity index (χ4n) is 2.70. The summed E-state index contributed by atoms with van der Waals surface area (Å²) in [4.78, 5) is 12.8. The van der Waals surface area contributed by atoms with Gasteiger partial charge in [0.15, 0.2) is 22.7 Å². The maximum atomic E-state index is 12.8. The van der Waals surface area contributed by atoms with Gasteiger partial charge in [-0.05, 0) is 55.5 Å². The first-order valence-electron chi connectivity index (χ1n) is 10.3. The summed E-state index contributed by atoms with van der Waals surface area (Å²) in [5.74, 6) is -0.0440. The van der Waals surface area contributed by atoms with E-state index in [0.717, 1.165) is 19.3 Å². The molecule has 0 aromatic heterocycles. The Morgan fingerprint density at radius 1 is 0.926 bits per heavy atom. The summed E-state index contributed by atoms with van der Waals surface area (Å²) in [7, 11) is -4.17. The van der Waals surface area contributed by atoms with Crippen LogP contribution in [-0.4, -0.2) is 52.5 Å². The molecule has 7 heteroatoms. The molecule has 1 fully saturated rings. The molecule has 1 amide bonds. The first kappa shape index (κ1) is 24.8. The zero-order chi connectivity index (χ0) is 21.3. The summed E-state index contributed by atoms with van der Waals surface area (Å²) in [6.07, 6.45) is 1.62. The number of aliphatic hydroxyl groups is 1. The van der Waals surface area contributed by atoms with Gasteiger partial charge in [0.05, 0.1) is 12.1 Å². The van der Waals surface area contributed by atoms with Crippen molar-refractivity contribution >= 4 is 22.5 Å². The van der Waals surface area contributed by atoms with Crippen molar-refractivity contribution in [3.63, 3.8) is 0 Å². The fraction of sp³-hybridized carbons (Fsp3) is 0.950. The second-order valence-electron chi connectivity index (χ2n) is 11.0. The Balaban J connectivity index is 3.12. The second kappa shape index (κ2) is 8.65. The fourth-order valence-corrected chi connectivity index (χ4v) is 5.25. The lowest BCUT2D eigenvalue weighted by atomic mass is 10.0. The number of aliphatic hydroxyl groups excluding tert-OH is 1. The number of carbonyl (C=O) groups is 1. The summed E-state index contributed by atoms with van der Waals surface area (Å²) in [5, 5.41) is 12.3. The normalized spacial score (nSPS) is 25.0. The van der Waals surface area contributed by atoms with Gasteiger partial charge in [-0.15, -0.1) is 0 Å². The van der Waals surface area contributed by atoms with E-state index in [1.165, 1.54) is 0 Å². The summed E-state index contributed by atoms with van der Waals surface area (Å²) >= 11 is 0. The maximum Gasteiger partial charge on any atom is 0.250 e. The summed E-state index contributed by atoms with van der Waals surface area (Å²) < 4.78 is 13.3. The molecule has 0 saturated carbocycles. The molecule has 0 aliphatic carbocycles. The highest BCUT2D eigenvalue weighted by molar-refractivity contribution is 6.74. The summed E-state index contributed by atoms with van der Waals surface area (Å²) in [6.45, 7) is 22.2. The Labute approximate surface area is 168 Å². The van der Waals surface area contributed by atoms with Crippen LogP contribution in [0.15, 0.2) is 0 Å². The molecule has 0 bridgehead atoms. The Morgan fingerprint density at radius 3 is 1.85 bits per heavy atom. The summed E-state index contributed by atoms with van der Waals surface area (Å²) in [5.41, 5.74) is 0. The first-order valence-corrected chi connectivity index (χ1v) is 16.1. The van der Waals surface area contributed by atoms with E-state index in [4.69, 9.17) is 14.0 Å². The lowest BCUT2D eigenvalue weighted by Crippen LogP contribution is -2.53. The molecule has 0 aromatic carbocycles. The monoisotopic (exact) mass is 417 g/mol. The number of rotatable bonds is 8. The quantitative estimate of drug-likeness (QED) is 0.453. The number of unbranched alkanes of at least 4 members (excludes halogenated alkanes) is 1. The molecule has 1 heterocycles. The van der Waals surface area contributed by atoms with Crippen LogP contribution in [0.5, 0.6) is 0 Å². The molecule has 0 spiro atoms. The van der Waals surface area contributed by atoms with Crippen molar-refractivity contribution in [2.24, 2.45) is 0 Å². The lowest BCUT2D eigenvalue weighted by molar-refractivity contribution is -0.127. The van der Waals surface area contributed by atoms with Crippen LogP contribution in [-0.2, 0) is 13.6 Å². The van der Waals surface area contributed by atoms with E-state index in [1.807, 2.05) is 0 Å². The van der Waals surface area contributed by atoms with Crippen LogP contribution in [0.3, 0.4) is 0 Å². The minimum Gasteiger partial charge on any atom is -0.409 e. The highest BCUT2D eigenvalue weighted by Crippen LogP contribution is 2.42. The Bertz CT molecular complexity index is 509. The third kappa shape index (κ3) is 6.13. The number of hydrogen-bond donors (Lipinski definition) is 2. The van der Waals surface area contributed by atoms with Gasteiger partial charge < -0.3 is 19.3 Å². The van der Waals surface area contributed by atoms with Gasteiger partial charge in [-0.3, -0.25) is 4.79 Å². The third-order valence-electron chi connectivity index (χ3n) is 6.67. The SMILES string of the molecule is CC(C)(C)[Si](C)(C)O[C@H]1[C@H](CCCCO)NC(=O)[C@@H]1O[Si](C)(C)C(C)(C)C. The van der Waals surface area contributed by atoms with Gasteiger partial charge in [0.1, 0.15) is 0 Å². The molecule has 1 rings (SSSR count). The first-order chi connectivity index (χ1) is 12.0. The molecule has 27 heavy (non-hydrogen) atoms. The Morgan fingerprint density at radius 2 is 1.41 bits per heavy atom. The minimum absolute atomic E-state index is 0.0315. The molecule has 1 aliphatic heterocycles. The minimum atomic E-state index is -2.11. The van der Waals surface area contributed by atoms with E-state index in [0.29, 0.717) is 0 Å². The van der Waals surface area contributed by atoms with Crippen LogP contribution in [0.4, 0.5) is 0 Å². The number of carbonyl (C=O) groups excluding carboxylic acids is 1. The van der Waals surface area contributed by atoms with Crippen LogP contribution < -0.4 is 5.32 Å². The third-order valence-corrected chi connectivity index (χ3v) is 15.6. The highest BCUT2D eigenvalue weighted by atomic mass is 28.4. The molecule has 3 atom stereocenters. The maximum absolute atomic E-state index is 12.8. The molecule has 0 unspecified atom stereocenters. The van der Waals surface area contributed by atoms with Gasteiger partial charge >= 0.3 is 0 Å². The van der Waals surface area contributed by atoms with Crippen molar-refractivity contribution in [1.82, 2.24) is 5.32 Å². The molecule has 160 valence electrons. The smallest absolute Gasteiger partial charge is 0.250 e. The standard InChI is InChI=1S/C20H43NO4Si2/c1-19(2,3)26(7,8)24-16-15(13-11-12-14-22)21-18(23)17(16)25-27(9,10)20(4,5)6/h15-17,22H,11-14H2,1-10H3,(H,21,23)/t15-,16-,17+/m0/s1. The van der Waals surface area contributed by atoms with Crippen molar-refractivity contribution in [3.05, 3.63) is 0 Å². The van der Waals surface area contributed by atoms with Gasteiger partial charge in [0, 0.05) is 6.61 Å². The summed E-state index contributed by atoms with van der Waals surface area (Å²) in [6, 6.07) is -0.0482. The second-order valence-corrected chi connectivity index (χ2v) is 20.5. The highest BCUT2D eigenvalue weighted by Gasteiger charge is 2.52. The largest absolute Gasteiger partial charge is 0.409 e. The predicted octanol–water partition coefficient (Wildman–Crippen LogP) is 4.43.